The number of ether oxygens (including phenoxy) is 1. The van der Waals surface area contributed by atoms with Gasteiger partial charge in [0.05, 0.1) is 22.4 Å². The van der Waals surface area contributed by atoms with Crippen molar-refractivity contribution < 1.29 is 4.74 Å². The molecule has 110 valence electrons. The van der Waals surface area contributed by atoms with E-state index in [1.165, 1.54) is 6.42 Å². The molecule has 3 atom stereocenters. The average Bonchev–Trinajstić information content (AvgIpc) is 3.06. The molecule has 20 heavy (non-hydrogen) atoms. The quantitative estimate of drug-likeness (QED) is 0.889. The first kappa shape index (κ1) is 14.3. The fraction of sp³-hybridized carbons (Fsp3) is 0.733. The molecule has 2 aliphatic rings. The van der Waals surface area contributed by atoms with Gasteiger partial charge in [-0.3, -0.25) is 0 Å². The van der Waals surface area contributed by atoms with Gasteiger partial charge in [-0.2, -0.15) is 0 Å². The van der Waals surface area contributed by atoms with E-state index >= 15 is 0 Å². The van der Waals surface area contributed by atoms with Crippen molar-refractivity contribution in [2.45, 2.75) is 64.1 Å². The summed E-state index contributed by atoms with van der Waals surface area (Å²) in [5.41, 5.74) is 1.12. The summed E-state index contributed by atoms with van der Waals surface area (Å²) >= 11 is 3.65. The predicted octanol–water partition coefficient (Wildman–Crippen LogP) is 3.66. The molecule has 3 unspecified atom stereocenters. The Bertz CT molecular complexity index is 467. The fourth-order valence-corrected chi connectivity index (χ4v) is 3.79. The van der Waals surface area contributed by atoms with Crippen molar-refractivity contribution in [1.29, 1.82) is 0 Å². The molecule has 1 aromatic heterocycles. The predicted molar refractivity (Wildman–Crippen MR) is 83.1 cm³/mol. The summed E-state index contributed by atoms with van der Waals surface area (Å²) in [4.78, 5) is 9.58. The number of aromatic nitrogens is 2. The van der Waals surface area contributed by atoms with Crippen LogP contribution < -0.4 is 5.32 Å². The minimum Gasteiger partial charge on any atom is -0.374 e. The van der Waals surface area contributed by atoms with Crippen molar-refractivity contribution in [3.8, 4) is 0 Å². The number of hydrogen-bond donors (Lipinski definition) is 1. The van der Waals surface area contributed by atoms with Gasteiger partial charge in [0.2, 0.25) is 0 Å². The van der Waals surface area contributed by atoms with Gasteiger partial charge in [0, 0.05) is 12.5 Å². The summed E-state index contributed by atoms with van der Waals surface area (Å²) in [5.74, 6) is 2.29. The lowest BCUT2D eigenvalue weighted by molar-refractivity contribution is 0.0998. The van der Waals surface area contributed by atoms with Crippen molar-refractivity contribution in [3.05, 3.63) is 16.0 Å². The van der Waals surface area contributed by atoms with Crippen LogP contribution in [-0.4, -0.2) is 28.7 Å². The van der Waals surface area contributed by atoms with Gasteiger partial charge < -0.3 is 10.1 Å². The molecule has 0 saturated carbocycles. The lowest BCUT2D eigenvalue weighted by atomic mass is 9.88. The second-order valence-electron chi connectivity index (χ2n) is 5.69. The largest absolute Gasteiger partial charge is 0.374 e. The minimum absolute atomic E-state index is 0.338. The van der Waals surface area contributed by atoms with Gasteiger partial charge in [-0.05, 0) is 48.5 Å². The van der Waals surface area contributed by atoms with Crippen LogP contribution in [-0.2, 0) is 11.2 Å². The van der Waals surface area contributed by atoms with Gasteiger partial charge >= 0.3 is 0 Å². The third-order valence-corrected chi connectivity index (χ3v) is 5.04. The number of rotatable bonds is 5. The van der Waals surface area contributed by atoms with E-state index in [4.69, 9.17) is 14.7 Å². The van der Waals surface area contributed by atoms with Crippen LogP contribution >= 0.6 is 15.9 Å². The Labute approximate surface area is 128 Å². The van der Waals surface area contributed by atoms with Gasteiger partial charge in [-0.25, -0.2) is 9.97 Å². The summed E-state index contributed by atoms with van der Waals surface area (Å²) in [6.45, 7) is 5.14. The van der Waals surface area contributed by atoms with Crippen molar-refractivity contribution in [3.63, 3.8) is 0 Å². The first-order chi connectivity index (χ1) is 9.72. The highest BCUT2D eigenvalue weighted by atomic mass is 79.9. The standard InChI is InChI=1S/C15H22BrN3O/c1-3-5-11-13(16)15(17-4-2)19-14(18-11)10-8-9-6-7-12(10)20-9/h9-10,12H,3-8H2,1-2H3,(H,17,18,19). The van der Waals surface area contributed by atoms with E-state index in [2.05, 4.69) is 35.1 Å². The summed E-state index contributed by atoms with van der Waals surface area (Å²) in [6.07, 6.45) is 6.31. The highest BCUT2D eigenvalue weighted by molar-refractivity contribution is 9.10. The van der Waals surface area contributed by atoms with E-state index in [1.54, 1.807) is 0 Å². The lowest BCUT2D eigenvalue weighted by Crippen LogP contribution is -2.19. The Morgan fingerprint density at radius 2 is 2.15 bits per heavy atom. The molecule has 0 radical (unpaired) electrons. The number of nitrogens with zero attached hydrogens (tertiary/aromatic N) is 2. The first-order valence-electron chi connectivity index (χ1n) is 7.68. The molecule has 0 aromatic carbocycles. The third-order valence-electron chi connectivity index (χ3n) is 4.21. The van der Waals surface area contributed by atoms with Crippen molar-refractivity contribution >= 4 is 21.7 Å². The Kier molecular flexibility index (Phi) is 4.26. The van der Waals surface area contributed by atoms with Crippen LogP contribution in [0.1, 0.15) is 57.0 Å². The lowest BCUT2D eigenvalue weighted by Gasteiger charge is -2.20. The Morgan fingerprint density at radius 1 is 1.30 bits per heavy atom. The summed E-state index contributed by atoms with van der Waals surface area (Å²) in [6, 6.07) is 0. The van der Waals surface area contributed by atoms with Crippen LogP contribution in [0.3, 0.4) is 0 Å². The van der Waals surface area contributed by atoms with Gasteiger partial charge in [0.25, 0.3) is 0 Å². The van der Waals surface area contributed by atoms with Crippen LogP contribution in [0.15, 0.2) is 4.47 Å². The molecule has 0 spiro atoms. The number of anilines is 1. The zero-order valence-electron chi connectivity index (χ0n) is 12.2. The summed E-state index contributed by atoms with van der Waals surface area (Å²) < 4.78 is 6.98. The molecule has 2 bridgehead atoms. The second-order valence-corrected chi connectivity index (χ2v) is 6.48. The molecule has 1 N–H and O–H groups in total. The van der Waals surface area contributed by atoms with Crippen molar-refractivity contribution in [2.75, 3.05) is 11.9 Å². The SMILES string of the molecule is CCCc1nc(C2CC3CCC2O3)nc(NCC)c1Br. The molecule has 3 heterocycles. The second kappa shape index (κ2) is 5.98. The monoisotopic (exact) mass is 339 g/mol. The maximum atomic E-state index is 5.96. The smallest absolute Gasteiger partial charge is 0.144 e. The molecule has 0 aliphatic carbocycles. The first-order valence-corrected chi connectivity index (χ1v) is 8.47. The molecule has 1 aromatic rings. The highest BCUT2D eigenvalue weighted by Crippen LogP contribution is 2.44. The molecule has 2 saturated heterocycles. The Morgan fingerprint density at radius 3 is 2.75 bits per heavy atom. The molecule has 0 amide bonds. The zero-order valence-corrected chi connectivity index (χ0v) is 13.7. The maximum Gasteiger partial charge on any atom is 0.144 e. The van der Waals surface area contributed by atoms with Crippen LogP contribution in [0.25, 0.3) is 0 Å². The number of halogens is 1. The van der Waals surface area contributed by atoms with E-state index < -0.39 is 0 Å². The molecule has 2 aliphatic heterocycles. The number of nitrogens with one attached hydrogen (secondary N) is 1. The Hall–Kier alpha value is -0.680. The normalized spacial score (nSPS) is 28.1. The molecule has 4 nitrogen and oxygen atoms in total. The minimum atomic E-state index is 0.338. The number of fused-ring (bicyclic) bond motifs is 2. The molecule has 5 heteroatoms. The summed E-state index contributed by atoms with van der Waals surface area (Å²) in [5, 5.41) is 3.34. The highest BCUT2D eigenvalue weighted by Gasteiger charge is 2.43. The van der Waals surface area contributed by atoms with E-state index in [0.717, 1.165) is 54.0 Å². The van der Waals surface area contributed by atoms with Crippen molar-refractivity contribution in [2.24, 2.45) is 0 Å². The van der Waals surface area contributed by atoms with Crippen LogP contribution in [0.5, 0.6) is 0 Å². The van der Waals surface area contributed by atoms with Crippen LogP contribution in [0.4, 0.5) is 5.82 Å². The maximum absolute atomic E-state index is 5.96. The topological polar surface area (TPSA) is 47.0 Å². The van der Waals surface area contributed by atoms with E-state index in [-0.39, 0.29) is 0 Å². The molecular formula is C15H22BrN3O. The zero-order chi connectivity index (χ0) is 14.1. The fourth-order valence-electron chi connectivity index (χ4n) is 3.28. The van der Waals surface area contributed by atoms with Gasteiger partial charge in [0.1, 0.15) is 11.6 Å². The van der Waals surface area contributed by atoms with Crippen molar-refractivity contribution in [1.82, 2.24) is 9.97 Å². The van der Waals surface area contributed by atoms with Gasteiger partial charge in [-0.15, -0.1) is 0 Å². The van der Waals surface area contributed by atoms with Crippen LogP contribution in [0, 0.1) is 0 Å². The molecular weight excluding hydrogens is 318 g/mol. The van der Waals surface area contributed by atoms with E-state index in [1.807, 2.05) is 0 Å². The third kappa shape index (κ3) is 2.58. The number of hydrogen-bond acceptors (Lipinski definition) is 4. The van der Waals surface area contributed by atoms with E-state index in [0.29, 0.717) is 18.1 Å². The Balaban J connectivity index is 1.93. The van der Waals surface area contributed by atoms with Gasteiger partial charge in [-0.1, -0.05) is 13.3 Å². The van der Waals surface area contributed by atoms with E-state index in [9.17, 15) is 0 Å². The molecule has 3 rings (SSSR count). The van der Waals surface area contributed by atoms with Gasteiger partial charge in [0.15, 0.2) is 0 Å². The summed E-state index contributed by atoms with van der Waals surface area (Å²) in [7, 11) is 0. The average molecular weight is 340 g/mol. The molecule has 2 fully saturated rings. The van der Waals surface area contributed by atoms with Crippen LogP contribution in [0.2, 0.25) is 0 Å². The number of aryl methyl sites for hydroxylation is 1.